The van der Waals surface area contributed by atoms with Crippen LogP contribution in [0, 0.1) is 0 Å². The molecule has 62 valence electrons. The zero-order valence-electron chi connectivity index (χ0n) is 7.41. The fourth-order valence-electron chi connectivity index (χ4n) is 1.59. The van der Waals surface area contributed by atoms with Gasteiger partial charge in [-0.05, 0) is 18.6 Å². The van der Waals surface area contributed by atoms with Crippen molar-refractivity contribution in [2.24, 2.45) is 4.99 Å². The maximum Gasteiger partial charge on any atom is 0.0459 e. The molecular weight excluding hydrogens is 148 g/mol. The smallest absolute Gasteiger partial charge is 0.0459 e. The molecule has 1 aliphatic heterocycles. The number of nitrogens with zero attached hydrogens (tertiary/aromatic N) is 2. The molecule has 2 heterocycles. The summed E-state index contributed by atoms with van der Waals surface area (Å²) in [4.78, 5) is 8.53. The van der Waals surface area contributed by atoms with Crippen molar-refractivity contribution in [1.82, 2.24) is 4.98 Å². The maximum atomic E-state index is 4.43. The molecule has 0 N–H and O–H groups in total. The monoisotopic (exact) mass is 160 g/mol. The first-order valence-corrected chi connectivity index (χ1v) is 4.24. The van der Waals surface area contributed by atoms with Gasteiger partial charge in [-0.1, -0.05) is 6.92 Å². The molecule has 0 amide bonds. The first-order chi connectivity index (χ1) is 5.79. The Morgan fingerprint density at radius 2 is 2.33 bits per heavy atom. The highest BCUT2D eigenvalue weighted by atomic mass is 14.8. The van der Waals surface area contributed by atoms with E-state index in [0.29, 0.717) is 5.92 Å². The number of pyridine rings is 1. The zero-order chi connectivity index (χ0) is 8.55. The van der Waals surface area contributed by atoms with E-state index >= 15 is 0 Å². The van der Waals surface area contributed by atoms with Crippen molar-refractivity contribution in [1.29, 1.82) is 0 Å². The average Bonchev–Trinajstić information content (AvgIpc) is 2.12. The van der Waals surface area contributed by atoms with Gasteiger partial charge in [0.05, 0.1) is 0 Å². The number of aromatic nitrogens is 1. The highest BCUT2D eigenvalue weighted by Crippen LogP contribution is 2.23. The van der Waals surface area contributed by atoms with Gasteiger partial charge >= 0.3 is 0 Å². The number of rotatable bonds is 0. The fourth-order valence-corrected chi connectivity index (χ4v) is 1.59. The lowest BCUT2D eigenvalue weighted by Crippen LogP contribution is -2.13. The van der Waals surface area contributed by atoms with Crippen LogP contribution >= 0.6 is 0 Å². The van der Waals surface area contributed by atoms with Gasteiger partial charge in [0.15, 0.2) is 0 Å². The van der Waals surface area contributed by atoms with E-state index in [9.17, 15) is 0 Å². The van der Waals surface area contributed by atoms with Gasteiger partial charge in [0.1, 0.15) is 0 Å². The van der Waals surface area contributed by atoms with Crippen LogP contribution in [0.3, 0.4) is 0 Å². The summed E-state index contributed by atoms with van der Waals surface area (Å²) in [5.41, 5.74) is 3.73. The van der Waals surface area contributed by atoms with Crippen LogP contribution in [0.15, 0.2) is 23.5 Å². The third kappa shape index (κ3) is 1.04. The van der Waals surface area contributed by atoms with Gasteiger partial charge in [-0.2, -0.15) is 0 Å². The van der Waals surface area contributed by atoms with Crippen molar-refractivity contribution in [3.63, 3.8) is 0 Å². The second-order valence-corrected chi connectivity index (χ2v) is 3.29. The largest absolute Gasteiger partial charge is 0.289 e. The van der Waals surface area contributed by atoms with Crippen molar-refractivity contribution in [2.45, 2.75) is 19.8 Å². The Morgan fingerprint density at radius 1 is 1.50 bits per heavy atom. The van der Waals surface area contributed by atoms with E-state index in [1.165, 1.54) is 11.1 Å². The first kappa shape index (κ1) is 7.47. The van der Waals surface area contributed by atoms with E-state index in [4.69, 9.17) is 0 Å². The maximum absolute atomic E-state index is 4.43. The van der Waals surface area contributed by atoms with Crippen LogP contribution in [0.5, 0.6) is 0 Å². The molecule has 1 aliphatic rings. The van der Waals surface area contributed by atoms with Crippen LogP contribution in [-0.4, -0.2) is 17.2 Å². The van der Waals surface area contributed by atoms with Crippen molar-refractivity contribution in [3.05, 3.63) is 29.6 Å². The van der Waals surface area contributed by atoms with Gasteiger partial charge in [0.25, 0.3) is 0 Å². The second kappa shape index (κ2) is 2.70. The normalized spacial score (nSPS) is 21.5. The summed E-state index contributed by atoms with van der Waals surface area (Å²) >= 11 is 0. The SMILES string of the molecule is CC1=NCC(C)c2ccncc21. The first-order valence-electron chi connectivity index (χ1n) is 4.24. The molecule has 0 spiro atoms. The van der Waals surface area contributed by atoms with Gasteiger partial charge in [-0.25, -0.2) is 0 Å². The number of hydrogen-bond donors (Lipinski definition) is 0. The lowest BCUT2D eigenvalue weighted by Gasteiger charge is -2.19. The van der Waals surface area contributed by atoms with Gasteiger partial charge in [-0.3, -0.25) is 9.98 Å². The molecule has 0 aliphatic carbocycles. The summed E-state index contributed by atoms with van der Waals surface area (Å²) in [5.74, 6) is 0.548. The quantitative estimate of drug-likeness (QED) is 0.570. The number of aliphatic imine (C=N–C) groups is 1. The molecule has 2 heteroatoms. The van der Waals surface area contributed by atoms with Crippen LogP contribution in [-0.2, 0) is 0 Å². The van der Waals surface area contributed by atoms with Crippen molar-refractivity contribution < 1.29 is 0 Å². The second-order valence-electron chi connectivity index (χ2n) is 3.29. The highest BCUT2D eigenvalue weighted by Gasteiger charge is 2.16. The molecular formula is C10H12N2. The Morgan fingerprint density at radius 3 is 3.08 bits per heavy atom. The Kier molecular flexibility index (Phi) is 1.68. The molecule has 2 nitrogen and oxygen atoms in total. The summed E-state index contributed by atoms with van der Waals surface area (Å²) < 4.78 is 0. The van der Waals surface area contributed by atoms with Crippen LogP contribution < -0.4 is 0 Å². The van der Waals surface area contributed by atoms with Crippen molar-refractivity contribution in [2.75, 3.05) is 6.54 Å². The molecule has 0 radical (unpaired) electrons. The van der Waals surface area contributed by atoms with E-state index < -0.39 is 0 Å². The Hall–Kier alpha value is -1.18. The van der Waals surface area contributed by atoms with Gasteiger partial charge in [0.2, 0.25) is 0 Å². The van der Waals surface area contributed by atoms with E-state index in [1.807, 2.05) is 19.3 Å². The summed E-state index contributed by atoms with van der Waals surface area (Å²) in [7, 11) is 0. The minimum Gasteiger partial charge on any atom is -0.289 e. The Labute approximate surface area is 72.4 Å². The summed E-state index contributed by atoms with van der Waals surface area (Å²) in [6, 6.07) is 2.10. The average molecular weight is 160 g/mol. The molecule has 1 unspecified atom stereocenters. The molecule has 0 saturated heterocycles. The van der Waals surface area contributed by atoms with Gasteiger partial charge < -0.3 is 0 Å². The summed E-state index contributed by atoms with van der Waals surface area (Å²) in [5, 5.41) is 0. The zero-order valence-corrected chi connectivity index (χ0v) is 7.41. The molecule has 0 bridgehead atoms. The molecule has 2 rings (SSSR count). The van der Waals surface area contributed by atoms with Crippen molar-refractivity contribution in [3.8, 4) is 0 Å². The lowest BCUT2D eigenvalue weighted by atomic mass is 9.93. The molecule has 0 fully saturated rings. The Balaban J connectivity index is 2.58. The number of hydrogen-bond acceptors (Lipinski definition) is 2. The molecule has 12 heavy (non-hydrogen) atoms. The van der Waals surface area contributed by atoms with Crippen molar-refractivity contribution >= 4 is 5.71 Å². The molecule has 1 atom stereocenters. The minimum atomic E-state index is 0.548. The van der Waals surface area contributed by atoms with E-state index in [2.05, 4.69) is 23.0 Å². The van der Waals surface area contributed by atoms with E-state index in [1.54, 1.807) is 0 Å². The predicted octanol–water partition coefficient (Wildman–Crippen LogP) is 2.01. The van der Waals surface area contributed by atoms with Crippen LogP contribution in [0.4, 0.5) is 0 Å². The van der Waals surface area contributed by atoms with Crippen LogP contribution in [0.1, 0.15) is 30.9 Å². The molecule has 0 saturated carbocycles. The summed E-state index contributed by atoms with van der Waals surface area (Å²) in [6.07, 6.45) is 3.76. The molecule has 1 aromatic rings. The van der Waals surface area contributed by atoms with Crippen LogP contribution in [0.25, 0.3) is 0 Å². The van der Waals surface area contributed by atoms with Gasteiger partial charge in [-0.15, -0.1) is 0 Å². The minimum absolute atomic E-state index is 0.548. The summed E-state index contributed by atoms with van der Waals surface area (Å²) in [6.45, 7) is 5.17. The topological polar surface area (TPSA) is 25.2 Å². The van der Waals surface area contributed by atoms with E-state index in [-0.39, 0.29) is 0 Å². The predicted molar refractivity (Wildman–Crippen MR) is 49.7 cm³/mol. The molecule has 0 aromatic carbocycles. The molecule has 1 aromatic heterocycles. The highest BCUT2D eigenvalue weighted by molar-refractivity contribution is 6.00. The third-order valence-electron chi connectivity index (χ3n) is 2.38. The fraction of sp³-hybridized carbons (Fsp3) is 0.400. The Bertz CT molecular complexity index is 328. The van der Waals surface area contributed by atoms with E-state index in [0.717, 1.165) is 12.3 Å². The standard InChI is InChI=1S/C10H12N2/c1-7-5-12-8(2)10-6-11-4-3-9(7)10/h3-4,6-7H,5H2,1-2H3. The lowest BCUT2D eigenvalue weighted by molar-refractivity contribution is 0.757. The third-order valence-corrected chi connectivity index (χ3v) is 2.38. The number of fused-ring (bicyclic) bond motifs is 1. The van der Waals surface area contributed by atoms with Crippen LogP contribution in [0.2, 0.25) is 0 Å². The van der Waals surface area contributed by atoms with Gasteiger partial charge in [0, 0.05) is 36.1 Å².